The zero-order chi connectivity index (χ0) is 15.3. The standard InChI is InChI=1S/C15H9BrN4O2/c16-7-1-3-10-9(5-7)13(14(21)18-10)17-8-2-4-11-12(6-8)20-15(22)19-11/h1-6,17-18,21H. The van der Waals surface area contributed by atoms with Crippen LogP contribution in [0.15, 0.2) is 50.9 Å². The van der Waals surface area contributed by atoms with Crippen LogP contribution < -0.4 is 16.0 Å². The highest BCUT2D eigenvalue weighted by molar-refractivity contribution is 9.10. The van der Waals surface area contributed by atoms with Crippen LogP contribution in [0.4, 0.5) is 16.2 Å². The van der Waals surface area contributed by atoms with Gasteiger partial charge in [0.1, 0.15) is 5.69 Å². The van der Waals surface area contributed by atoms with Crippen molar-refractivity contribution >= 4 is 44.2 Å². The number of nitrogens with one attached hydrogen (secondary N) is 2. The van der Waals surface area contributed by atoms with Gasteiger partial charge in [0.2, 0.25) is 5.88 Å². The number of aromatic nitrogens is 1. The number of H-pyrrole nitrogens is 1. The number of anilines is 2. The lowest BCUT2D eigenvalue weighted by molar-refractivity contribution is 0.256. The molecule has 3 N–H and O–H groups in total. The van der Waals surface area contributed by atoms with Gasteiger partial charge in [-0.1, -0.05) is 15.9 Å². The minimum absolute atomic E-state index is 0.0475. The smallest absolute Gasteiger partial charge is 0.368 e. The van der Waals surface area contributed by atoms with Gasteiger partial charge in [-0.2, -0.15) is 9.98 Å². The van der Waals surface area contributed by atoms with Gasteiger partial charge in [0.25, 0.3) is 0 Å². The van der Waals surface area contributed by atoms with Crippen LogP contribution in [-0.4, -0.2) is 16.1 Å². The summed E-state index contributed by atoms with van der Waals surface area (Å²) >= 11 is 3.42. The number of rotatable bonds is 2. The summed E-state index contributed by atoms with van der Waals surface area (Å²) in [6.45, 7) is 0. The molecule has 108 valence electrons. The molecule has 0 spiro atoms. The molecule has 7 heteroatoms. The van der Waals surface area contributed by atoms with Crippen LogP contribution >= 0.6 is 15.9 Å². The summed E-state index contributed by atoms with van der Waals surface area (Å²) in [6, 6.07) is 10.4. The maximum Gasteiger partial charge on any atom is 0.368 e. The fourth-order valence-corrected chi connectivity index (χ4v) is 2.80. The predicted octanol–water partition coefficient (Wildman–Crippen LogP) is 2.75. The first-order valence-corrected chi connectivity index (χ1v) is 7.28. The Morgan fingerprint density at radius 3 is 2.77 bits per heavy atom. The van der Waals surface area contributed by atoms with Gasteiger partial charge in [0.05, 0.1) is 16.2 Å². The Kier molecular flexibility index (Phi) is 2.77. The van der Waals surface area contributed by atoms with E-state index in [9.17, 15) is 9.90 Å². The molecule has 0 bridgehead atoms. The third-order valence-electron chi connectivity index (χ3n) is 3.42. The number of benzene rings is 2. The zero-order valence-corrected chi connectivity index (χ0v) is 12.7. The van der Waals surface area contributed by atoms with Crippen molar-refractivity contribution in [2.24, 2.45) is 9.98 Å². The van der Waals surface area contributed by atoms with Crippen LogP contribution in [0.5, 0.6) is 5.88 Å². The largest absolute Gasteiger partial charge is 0.493 e. The second-order valence-corrected chi connectivity index (χ2v) is 5.79. The van der Waals surface area contributed by atoms with Crippen molar-refractivity contribution in [1.29, 1.82) is 0 Å². The Morgan fingerprint density at radius 2 is 1.91 bits per heavy atom. The Hall–Kier alpha value is -2.67. The van der Waals surface area contributed by atoms with Crippen molar-refractivity contribution in [3.8, 4) is 5.88 Å². The number of aromatic amines is 1. The average Bonchev–Trinajstić information content (AvgIpc) is 2.99. The van der Waals surface area contributed by atoms with Crippen molar-refractivity contribution in [1.82, 2.24) is 4.98 Å². The van der Waals surface area contributed by atoms with E-state index in [1.807, 2.05) is 18.2 Å². The number of carbonyl (C=O) groups excluding carboxylic acids is 1. The number of halogens is 1. The molecule has 2 aromatic carbocycles. The molecular formula is C15H9BrN4O2. The summed E-state index contributed by atoms with van der Waals surface area (Å²) < 4.78 is 0.912. The number of urea groups is 1. The van der Waals surface area contributed by atoms with Crippen molar-refractivity contribution in [3.05, 3.63) is 51.6 Å². The van der Waals surface area contributed by atoms with Gasteiger partial charge in [0, 0.05) is 15.5 Å². The summed E-state index contributed by atoms with van der Waals surface area (Å²) in [5, 5.41) is 15.2. The second kappa shape index (κ2) is 4.67. The van der Waals surface area contributed by atoms with Crippen molar-refractivity contribution in [2.45, 2.75) is 0 Å². The molecule has 1 aromatic heterocycles. The third kappa shape index (κ3) is 2.06. The lowest BCUT2D eigenvalue weighted by Gasteiger charge is -2.05. The highest BCUT2D eigenvalue weighted by Crippen LogP contribution is 2.35. The van der Waals surface area contributed by atoms with Gasteiger partial charge in [0.15, 0.2) is 0 Å². The van der Waals surface area contributed by atoms with Gasteiger partial charge in [-0.15, -0.1) is 0 Å². The number of hydrogen-bond acceptors (Lipinski definition) is 3. The van der Waals surface area contributed by atoms with Gasteiger partial charge < -0.3 is 15.4 Å². The summed E-state index contributed by atoms with van der Waals surface area (Å²) in [5.41, 5.74) is 2.10. The van der Waals surface area contributed by atoms with E-state index in [0.29, 0.717) is 22.1 Å². The van der Waals surface area contributed by atoms with E-state index in [1.54, 1.807) is 18.2 Å². The van der Waals surface area contributed by atoms with Crippen LogP contribution in [-0.2, 0) is 0 Å². The first kappa shape index (κ1) is 13.0. The van der Waals surface area contributed by atoms with E-state index in [4.69, 9.17) is 0 Å². The molecule has 2 amide bonds. The number of nitrogens with zero attached hydrogens (tertiary/aromatic N) is 2. The van der Waals surface area contributed by atoms with Gasteiger partial charge in [-0.05, 0) is 36.4 Å². The maximum absolute atomic E-state index is 11.2. The fourth-order valence-electron chi connectivity index (χ4n) is 2.44. The topological polar surface area (TPSA) is 89.8 Å². The van der Waals surface area contributed by atoms with Gasteiger partial charge >= 0.3 is 6.03 Å². The minimum atomic E-state index is -0.494. The highest BCUT2D eigenvalue weighted by atomic mass is 79.9. The molecule has 1 aliphatic rings. The third-order valence-corrected chi connectivity index (χ3v) is 3.91. The molecule has 0 saturated carbocycles. The first-order chi connectivity index (χ1) is 10.6. The van der Waals surface area contributed by atoms with E-state index >= 15 is 0 Å². The molecule has 0 fully saturated rings. The molecule has 22 heavy (non-hydrogen) atoms. The lowest BCUT2D eigenvalue weighted by Crippen LogP contribution is -2.21. The number of amides is 2. The molecule has 0 unspecified atom stereocenters. The molecule has 0 aliphatic carbocycles. The van der Waals surface area contributed by atoms with E-state index in [0.717, 1.165) is 15.4 Å². The Morgan fingerprint density at radius 1 is 1.09 bits per heavy atom. The normalized spacial score (nSPS) is 12.9. The molecule has 0 radical (unpaired) electrons. The van der Waals surface area contributed by atoms with Crippen molar-refractivity contribution < 1.29 is 9.90 Å². The lowest BCUT2D eigenvalue weighted by atomic mass is 10.2. The number of carbonyl (C=O) groups is 1. The minimum Gasteiger partial charge on any atom is -0.493 e. The maximum atomic E-state index is 11.2. The zero-order valence-electron chi connectivity index (χ0n) is 11.1. The average molecular weight is 357 g/mol. The van der Waals surface area contributed by atoms with Crippen LogP contribution in [0.1, 0.15) is 0 Å². The van der Waals surface area contributed by atoms with Gasteiger partial charge in [-0.3, -0.25) is 0 Å². The number of fused-ring (bicyclic) bond motifs is 2. The van der Waals surface area contributed by atoms with Crippen LogP contribution in [0.2, 0.25) is 0 Å². The summed E-state index contributed by atoms with van der Waals surface area (Å²) in [4.78, 5) is 21.7. The molecule has 0 saturated heterocycles. The summed E-state index contributed by atoms with van der Waals surface area (Å²) in [7, 11) is 0. The monoisotopic (exact) mass is 356 g/mol. The van der Waals surface area contributed by atoms with Crippen LogP contribution in [0.3, 0.4) is 0 Å². The van der Waals surface area contributed by atoms with Gasteiger partial charge in [-0.25, -0.2) is 4.79 Å². The van der Waals surface area contributed by atoms with E-state index in [1.165, 1.54) is 0 Å². The molecule has 1 aliphatic heterocycles. The van der Waals surface area contributed by atoms with E-state index < -0.39 is 6.03 Å². The molecule has 0 atom stereocenters. The van der Waals surface area contributed by atoms with Crippen LogP contribution in [0, 0.1) is 0 Å². The SMILES string of the molecule is O=C1N=c2ccc(Nc3c(O)[nH]c4ccc(Br)cc34)cc2=N1. The predicted molar refractivity (Wildman–Crippen MR) is 85.1 cm³/mol. The second-order valence-electron chi connectivity index (χ2n) is 4.87. The fraction of sp³-hybridized carbons (Fsp3) is 0. The summed E-state index contributed by atoms with van der Waals surface area (Å²) in [6.07, 6.45) is 0. The Balaban J connectivity index is 1.82. The van der Waals surface area contributed by atoms with Crippen LogP contribution in [0.25, 0.3) is 10.9 Å². The Bertz CT molecular complexity index is 1060. The molecule has 4 rings (SSSR count). The number of hydrogen-bond donors (Lipinski definition) is 3. The molecular weight excluding hydrogens is 348 g/mol. The first-order valence-electron chi connectivity index (χ1n) is 6.49. The highest BCUT2D eigenvalue weighted by Gasteiger charge is 2.12. The van der Waals surface area contributed by atoms with Crippen molar-refractivity contribution in [3.63, 3.8) is 0 Å². The Labute approximate surface area is 132 Å². The summed E-state index contributed by atoms with van der Waals surface area (Å²) in [5.74, 6) is 0.0475. The van der Waals surface area contributed by atoms with E-state index in [-0.39, 0.29) is 5.88 Å². The molecule has 6 nitrogen and oxygen atoms in total. The molecule has 2 heterocycles. The van der Waals surface area contributed by atoms with Crippen molar-refractivity contribution in [2.75, 3.05) is 5.32 Å². The quantitative estimate of drug-likeness (QED) is 0.659. The van der Waals surface area contributed by atoms with E-state index in [2.05, 4.69) is 36.2 Å². The number of aromatic hydroxyl groups is 1. The molecule has 3 aromatic rings.